The number of hydrogen-bond acceptors (Lipinski definition) is 5. The van der Waals surface area contributed by atoms with Crippen LogP contribution in [0.5, 0.6) is 5.75 Å². The third-order valence-electron chi connectivity index (χ3n) is 2.21. The van der Waals surface area contributed by atoms with Crippen LogP contribution in [0.1, 0.15) is 0 Å². The number of benzene rings is 1. The zero-order valence-corrected chi connectivity index (χ0v) is 12.3. The minimum Gasteiger partial charge on any atom is -0.492 e. The Balaban J connectivity index is 2.31. The van der Waals surface area contributed by atoms with Gasteiger partial charge in [-0.2, -0.15) is 0 Å². The number of rotatable bonds is 8. The number of nitrogens with two attached hydrogens (primary N) is 1. The molecule has 0 aliphatic rings. The minimum absolute atomic E-state index is 0.0501. The summed E-state index contributed by atoms with van der Waals surface area (Å²) in [6, 6.07) is 6.71. The summed E-state index contributed by atoms with van der Waals surface area (Å²) in [4.78, 5) is 0. The van der Waals surface area contributed by atoms with Gasteiger partial charge in [0.2, 0.25) is 10.0 Å². The van der Waals surface area contributed by atoms with E-state index in [2.05, 4.69) is 4.72 Å². The topological polar surface area (TPSA) is 98.5 Å². The average molecular weight is 306 g/mol. The molecule has 0 aliphatic heterocycles. The van der Waals surface area contributed by atoms with Crippen LogP contribution < -0.4 is 15.2 Å². The molecule has 1 atom stereocenters. The monoisotopic (exact) mass is 306 g/mol. The zero-order chi connectivity index (χ0) is 14.3. The smallest absolute Gasteiger partial charge is 0.214 e. The van der Waals surface area contributed by atoms with Gasteiger partial charge in [-0.25, -0.2) is 13.1 Å². The van der Waals surface area contributed by atoms with Crippen molar-refractivity contribution in [1.82, 2.24) is 4.72 Å². The van der Waals surface area contributed by atoms with Crippen molar-refractivity contribution in [1.29, 1.82) is 0 Å². The molecule has 19 heavy (non-hydrogen) atoms. The lowest BCUT2D eigenvalue weighted by atomic mass is 10.3. The molecule has 0 fully saturated rings. The molecule has 0 saturated heterocycles. The fourth-order valence-electron chi connectivity index (χ4n) is 1.25. The normalized spacial score (nSPS) is 13.1. The first kappa shape index (κ1) is 15.9. The van der Waals surface area contributed by atoms with E-state index in [9.17, 15) is 12.6 Å². The van der Waals surface area contributed by atoms with Crippen molar-refractivity contribution in [3.05, 3.63) is 24.3 Å². The molecule has 108 valence electrons. The molecule has 0 aliphatic carbocycles. The fourth-order valence-corrected chi connectivity index (χ4v) is 2.63. The van der Waals surface area contributed by atoms with Crippen LogP contribution in [-0.2, 0) is 20.8 Å². The summed E-state index contributed by atoms with van der Waals surface area (Å²) in [6.07, 6.45) is 1.53. The van der Waals surface area contributed by atoms with E-state index >= 15 is 0 Å². The summed E-state index contributed by atoms with van der Waals surface area (Å²) in [6.45, 7) is 0.224. The summed E-state index contributed by atoms with van der Waals surface area (Å²) in [5.74, 6) is 0.727. The van der Waals surface area contributed by atoms with E-state index in [1.54, 1.807) is 24.3 Å². The molecule has 1 aromatic rings. The highest BCUT2D eigenvalue weighted by molar-refractivity contribution is 7.89. The maximum atomic E-state index is 11.5. The van der Waals surface area contributed by atoms with Crippen molar-refractivity contribution in [2.24, 2.45) is 0 Å². The van der Waals surface area contributed by atoms with Gasteiger partial charge >= 0.3 is 0 Å². The van der Waals surface area contributed by atoms with E-state index in [1.807, 2.05) is 0 Å². The highest BCUT2D eigenvalue weighted by Gasteiger charge is 2.10. The molecule has 0 heterocycles. The Morgan fingerprint density at radius 1 is 1.32 bits per heavy atom. The van der Waals surface area contributed by atoms with Gasteiger partial charge in [-0.1, -0.05) is 0 Å². The van der Waals surface area contributed by atoms with Gasteiger partial charge in [0.15, 0.2) is 0 Å². The van der Waals surface area contributed by atoms with Gasteiger partial charge in [0.1, 0.15) is 12.4 Å². The maximum absolute atomic E-state index is 11.5. The molecule has 1 rings (SSSR count). The molecule has 8 heteroatoms. The van der Waals surface area contributed by atoms with Crippen LogP contribution >= 0.6 is 0 Å². The lowest BCUT2D eigenvalue weighted by Crippen LogP contribution is -2.31. The second-order valence-corrected chi connectivity index (χ2v) is 7.39. The van der Waals surface area contributed by atoms with Crippen LogP contribution in [0.4, 0.5) is 5.69 Å². The Morgan fingerprint density at radius 3 is 2.53 bits per heavy atom. The van der Waals surface area contributed by atoms with Gasteiger partial charge in [-0.15, -0.1) is 0 Å². The van der Waals surface area contributed by atoms with Crippen molar-refractivity contribution < 1.29 is 17.4 Å². The second-order valence-electron chi connectivity index (χ2n) is 3.91. The number of anilines is 1. The quantitative estimate of drug-likeness (QED) is 0.656. The molecule has 0 radical (unpaired) electrons. The van der Waals surface area contributed by atoms with Crippen LogP contribution in [-0.4, -0.2) is 43.5 Å². The van der Waals surface area contributed by atoms with E-state index in [4.69, 9.17) is 10.5 Å². The lowest BCUT2D eigenvalue weighted by Gasteiger charge is -2.08. The number of hydrogen-bond donors (Lipinski definition) is 2. The number of sulfonamides is 1. The molecule has 0 bridgehead atoms. The Morgan fingerprint density at radius 2 is 1.95 bits per heavy atom. The second kappa shape index (κ2) is 7.46. The van der Waals surface area contributed by atoms with Gasteiger partial charge in [0.05, 0.1) is 5.75 Å². The number of nitrogen functional groups attached to an aromatic ring is 1. The van der Waals surface area contributed by atoms with Crippen LogP contribution in [0.2, 0.25) is 0 Å². The fraction of sp³-hybridized carbons (Fsp3) is 0.455. The third kappa shape index (κ3) is 7.14. The SMILES string of the molecule is CS(=O)CCNS(=O)(=O)CCOc1ccc(N)cc1. The molecular weight excluding hydrogens is 288 g/mol. The van der Waals surface area contributed by atoms with Gasteiger partial charge in [-0.05, 0) is 24.3 Å². The molecule has 1 aromatic carbocycles. The van der Waals surface area contributed by atoms with E-state index in [0.717, 1.165) is 0 Å². The van der Waals surface area contributed by atoms with Crippen molar-refractivity contribution in [2.45, 2.75) is 0 Å². The molecule has 3 N–H and O–H groups in total. The number of ether oxygens (including phenoxy) is 1. The molecule has 0 amide bonds. The largest absolute Gasteiger partial charge is 0.492 e. The summed E-state index contributed by atoms with van der Waals surface area (Å²) >= 11 is 0. The Kier molecular flexibility index (Phi) is 6.26. The average Bonchev–Trinajstić information content (AvgIpc) is 2.30. The van der Waals surface area contributed by atoms with E-state index in [-0.39, 0.29) is 18.9 Å². The first-order valence-electron chi connectivity index (χ1n) is 5.65. The van der Waals surface area contributed by atoms with Gasteiger partial charge in [0, 0.05) is 35.0 Å². The predicted molar refractivity (Wildman–Crippen MR) is 77.1 cm³/mol. The van der Waals surface area contributed by atoms with Gasteiger partial charge in [-0.3, -0.25) is 4.21 Å². The van der Waals surface area contributed by atoms with Crippen LogP contribution in [0.3, 0.4) is 0 Å². The molecule has 1 unspecified atom stereocenters. The maximum Gasteiger partial charge on any atom is 0.214 e. The highest BCUT2D eigenvalue weighted by Crippen LogP contribution is 2.12. The standard InChI is InChI=1S/C11H18N2O4S2/c1-18(14)8-6-13-19(15,16)9-7-17-11-4-2-10(12)3-5-11/h2-5,13H,6-9,12H2,1H3. The summed E-state index contributed by atoms with van der Waals surface area (Å²) in [5, 5.41) is 0. The Bertz CT molecular complexity index is 514. The lowest BCUT2D eigenvalue weighted by molar-refractivity contribution is 0.340. The Hall–Kier alpha value is -1.12. The van der Waals surface area contributed by atoms with E-state index in [0.29, 0.717) is 17.2 Å². The van der Waals surface area contributed by atoms with Crippen molar-refractivity contribution in [3.63, 3.8) is 0 Å². The van der Waals surface area contributed by atoms with E-state index in [1.165, 1.54) is 6.26 Å². The summed E-state index contributed by atoms with van der Waals surface area (Å²) in [7, 11) is -4.40. The van der Waals surface area contributed by atoms with Crippen molar-refractivity contribution >= 4 is 26.5 Å². The van der Waals surface area contributed by atoms with E-state index < -0.39 is 20.8 Å². The van der Waals surface area contributed by atoms with Crippen molar-refractivity contribution in [2.75, 3.05) is 36.6 Å². The molecule has 0 saturated carbocycles. The summed E-state index contributed by atoms with van der Waals surface area (Å²) < 4.78 is 41.5. The molecule has 6 nitrogen and oxygen atoms in total. The van der Waals surface area contributed by atoms with Crippen LogP contribution in [0.25, 0.3) is 0 Å². The van der Waals surface area contributed by atoms with Crippen LogP contribution in [0, 0.1) is 0 Å². The Labute approximate surface area is 115 Å². The minimum atomic E-state index is -3.39. The first-order valence-corrected chi connectivity index (χ1v) is 9.03. The molecule has 0 spiro atoms. The zero-order valence-electron chi connectivity index (χ0n) is 10.7. The number of nitrogens with one attached hydrogen (secondary N) is 1. The molecule has 0 aromatic heterocycles. The summed E-state index contributed by atoms with van der Waals surface area (Å²) in [5.41, 5.74) is 6.14. The third-order valence-corrected chi connectivity index (χ3v) is 4.34. The predicted octanol–water partition coefficient (Wildman–Crippen LogP) is -0.0545. The van der Waals surface area contributed by atoms with Gasteiger partial charge < -0.3 is 10.5 Å². The van der Waals surface area contributed by atoms with Crippen molar-refractivity contribution in [3.8, 4) is 5.75 Å². The van der Waals surface area contributed by atoms with Gasteiger partial charge in [0.25, 0.3) is 0 Å². The van der Waals surface area contributed by atoms with Crippen LogP contribution in [0.15, 0.2) is 24.3 Å². The first-order chi connectivity index (χ1) is 8.89. The highest BCUT2D eigenvalue weighted by atomic mass is 32.2. The molecular formula is C11H18N2O4S2.